The molecule has 0 bridgehead atoms. The van der Waals surface area contributed by atoms with Gasteiger partial charge in [-0.3, -0.25) is 9.52 Å². The van der Waals surface area contributed by atoms with Crippen LogP contribution in [0.5, 0.6) is 0 Å². The van der Waals surface area contributed by atoms with Gasteiger partial charge in [-0.2, -0.15) is 0 Å². The quantitative estimate of drug-likeness (QED) is 0.912. The van der Waals surface area contributed by atoms with E-state index in [1.165, 1.54) is 19.1 Å². The van der Waals surface area contributed by atoms with E-state index in [4.69, 9.17) is 0 Å². The molecule has 1 aliphatic heterocycles. The summed E-state index contributed by atoms with van der Waals surface area (Å²) in [4.78, 5) is 11.3. The molecule has 0 radical (unpaired) electrons. The highest BCUT2D eigenvalue weighted by Crippen LogP contribution is 2.27. The van der Waals surface area contributed by atoms with Crippen LogP contribution in [0.25, 0.3) is 0 Å². The predicted molar refractivity (Wildman–Crippen MR) is 80.7 cm³/mol. The molecular weight excluding hydrogens is 307 g/mol. The standard InChI is InChI=1S/C15H13FN2O3S/c1-9-6-12(3-4-13(9)16)22(20,21)18-11-2-5-14-10(7-11)8-15(19)17-14/h2-7,18H,8H2,1H3,(H,17,19). The summed E-state index contributed by atoms with van der Waals surface area (Å²) in [5, 5.41) is 2.67. The Hall–Kier alpha value is -2.41. The molecule has 0 aromatic heterocycles. The lowest BCUT2D eigenvalue weighted by molar-refractivity contribution is -0.115. The van der Waals surface area contributed by atoms with E-state index >= 15 is 0 Å². The Kier molecular flexibility index (Phi) is 3.37. The molecule has 22 heavy (non-hydrogen) atoms. The smallest absolute Gasteiger partial charge is 0.261 e. The fourth-order valence-electron chi connectivity index (χ4n) is 2.29. The van der Waals surface area contributed by atoms with Gasteiger partial charge in [-0.15, -0.1) is 0 Å². The molecule has 3 rings (SSSR count). The van der Waals surface area contributed by atoms with Crippen molar-refractivity contribution in [2.45, 2.75) is 18.2 Å². The van der Waals surface area contributed by atoms with Gasteiger partial charge in [0.25, 0.3) is 10.0 Å². The normalized spacial score (nSPS) is 13.6. The first kappa shape index (κ1) is 14.5. The van der Waals surface area contributed by atoms with Crippen LogP contribution in [0.4, 0.5) is 15.8 Å². The van der Waals surface area contributed by atoms with Gasteiger partial charge < -0.3 is 5.32 Å². The van der Waals surface area contributed by atoms with Crippen LogP contribution in [-0.4, -0.2) is 14.3 Å². The summed E-state index contributed by atoms with van der Waals surface area (Å²) in [7, 11) is -3.81. The minimum Gasteiger partial charge on any atom is -0.326 e. The van der Waals surface area contributed by atoms with Gasteiger partial charge in [0, 0.05) is 11.4 Å². The second-order valence-electron chi connectivity index (χ2n) is 5.11. The van der Waals surface area contributed by atoms with Crippen molar-refractivity contribution in [3.05, 3.63) is 53.3 Å². The Morgan fingerprint density at radius 2 is 1.95 bits per heavy atom. The third-order valence-electron chi connectivity index (χ3n) is 3.42. The molecule has 0 aliphatic carbocycles. The van der Waals surface area contributed by atoms with E-state index in [9.17, 15) is 17.6 Å². The van der Waals surface area contributed by atoms with Gasteiger partial charge in [0.15, 0.2) is 0 Å². The lowest BCUT2D eigenvalue weighted by Gasteiger charge is -2.10. The van der Waals surface area contributed by atoms with E-state index in [-0.39, 0.29) is 22.8 Å². The van der Waals surface area contributed by atoms with Crippen LogP contribution >= 0.6 is 0 Å². The first-order chi connectivity index (χ1) is 10.3. The van der Waals surface area contributed by atoms with Crippen LogP contribution in [0.2, 0.25) is 0 Å². The topological polar surface area (TPSA) is 75.3 Å². The molecule has 0 saturated carbocycles. The molecule has 2 N–H and O–H groups in total. The Bertz CT molecular complexity index is 878. The second kappa shape index (κ2) is 5.10. The Labute approximate surface area is 127 Å². The summed E-state index contributed by atoms with van der Waals surface area (Å²) in [5.74, 6) is -0.578. The van der Waals surface area contributed by atoms with E-state index in [1.54, 1.807) is 18.2 Å². The molecule has 0 atom stereocenters. The molecule has 1 amide bonds. The number of fused-ring (bicyclic) bond motifs is 1. The van der Waals surface area contributed by atoms with Crippen LogP contribution < -0.4 is 10.0 Å². The zero-order valence-electron chi connectivity index (χ0n) is 11.7. The molecule has 1 aliphatic rings. The summed E-state index contributed by atoms with van der Waals surface area (Å²) >= 11 is 0. The number of rotatable bonds is 3. The highest BCUT2D eigenvalue weighted by atomic mass is 32.2. The summed E-state index contributed by atoms with van der Waals surface area (Å²) in [6.45, 7) is 1.50. The number of carbonyl (C=O) groups is 1. The number of hydrogen-bond acceptors (Lipinski definition) is 3. The van der Waals surface area contributed by atoms with Crippen molar-refractivity contribution >= 4 is 27.3 Å². The molecule has 5 nitrogen and oxygen atoms in total. The molecule has 2 aromatic carbocycles. The van der Waals surface area contributed by atoms with Crippen molar-refractivity contribution in [1.29, 1.82) is 0 Å². The number of nitrogens with one attached hydrogen (secondary N) is 2. The summed E-state index contributed by atoms with van der Waals surface area (Å²) in [5.41, 5.74) is 2.04. The number of halogens is 1. The third-order valence-corrected chi connectivity index (χ3v) is 4.80. The zero-order valence-corrected chi connectivity index (χ0v) is 12.5. The van der Waals surface area contributed by atoms with Crippen LogP contribution in [-0.2, 0) is 21.2 Å². The highest BCUT2D eigenvalue weighted by Gasteiger charge is 2.20. The SMILES string of the molecule is Cc1cc(S(=O)(=O)Nc2ccc3c(c2)CC(=O)N3)ccc1F. The van der Waals surface area contributed by atoms with Gasteiger partial charge in [-0.1, -0.05) is 0 Å². The number of hydrogen-bond donors (Lipinski definition) is 2. The predicted octanol–water partition coefficient (Wildman–Crippen LogP) is 2.43. The first-order valence-corrected chi connectivity index (χ1v) is 8.05. The van der Waals surface area contributed by atoms with E-state index < -0.39 is 15.8 Å². The van der Waals surface area contributed by atoms with Crippen molar-refractivity contribution in [1.82, 2.24) is 0 Å². The van der Waals surface area contributed by atoms with Gasteiger partial charge in [-0.05, 0) is 54.4 Å². The van der Waals surface area contributed by atoms with Crippen molar-refractivity contribution in [3.63, 3.8) is 0 Å². The Balaban J connectivity index is 1.90. The maximum atomic E-state index is 13.2. The van der Waals surface area contributed by atoms with Gasteiger partial charge in [0.2, 0.25) is 5.91 Å². The van der Waals surface area contributed by atoms with E-state index in [2.05, 4.69) is 10.0 Å². The third kappa shape index (κ3) is 2.67. The fourth-order valence-corrected chi connectivity index (χ4v) is 3.43. The van der Waals surface area contributed by atoms with Crippen LogP contribution in [0.3, 0.4) is 0 Å². The van der Waals surface area contributed by atoms with Gasteiger partial charge in [0.05, 0.1) is 11.3 Å². The summed E-state index contributed by atoms with van der Waals surface area (Å²) < 4.78 is 40.3. The average Bonchev–Trinajstić information content (AvgIpc) is 2.80. The number of anilines is 2. The monoisotopic (exact) mass is 320 g/mol. The summed E-state index contributed by atoms with van der Waals surface area (Å²) in [6.07, 6.45) is 0.223. The number of amides is 1. The van der Waals surface area contributed by atoms with Gasteiger partial charge >= 0.3 is 0 Å². The van der Waals surface area contributed by atoms with Crippen molar-refractivity contribution < 1.29 is 17.6 Å². The molecule has 0 spiro atoms. The molecular formula is C15H13FN2O3S. The minimum absolute atomic E-state index is 0.0129. The molecule has 7 heteroatoms. The molecule has 114 valence electrons. The van der Waals surface area contributed by atoms with E-state index in [1.807, 2.05) is 0 Å². The molecule has 0 saturated heterocycles. The minimum atomic E-state index is -3.81. The van der Waals surface area contributed by atoms with Crippen molar-refractivity contribution in [3.8, 4) is 0 Å². The van der Waals surface area contributed by atoms with E-state index in [0.29, 0.717) is 11.4 Å². The molecule has 0 unspecified atom stereocenters. The molecule has 0 fully saturated rings. The highest BCUT2D eigenvalue weighted by molar-refractivity contribution is 7.92. The van der Waals surface area contributed by atoms with Crippen LogP contribution in [0.1, 0.15) is 11.1 Å². The van der Waals surface area contributed by atoms with Gasteiger partial charge in [0.1, 0.15) is 5.82 Å². The molecule has 1 heterocycles. The first-order valence-electron chi connectivity index (χ1n) is 6.57. The van der Waals surface area contributed by atoms with Crippen LogP contribution in [0.15, 0.2) is 41.3 Å². The number of sulfonamides is 1. The number of carbonyl (C=O) groups excluding carboxylic acids is 1. The van der Waals surface area contributed by atoms with Crippen LogP contribution in [0, 0.1) is 12.7 Å². The number of benzene rings is 2. The summed E-state index contributed by atoms with van der Waals surface area (Å²) in [6, 6.07) is 8.43. The van der Waals surface area contributed by atoms with E-state index in [0.717, 1.165) is 11.6 Å². The maximum absolute atomic E-state index is 13.2. The Morgan fingerprint density at radius 3 is 2.68 bits per heavy atom. The lowest BCUT2D eigenvalue weighted by atomic mass is 10.1. The van der Waals surface area contributed by atoms with Crippen molar-refractivity contribution in [2.75, 3.05) is 10.0 Å². The maximum Gasteiger partial charge on any atom is 0.261 e. The Morgan fingerprint density at radius 1 is 1.18 bits per heavy atom. The number of aryl methyl sites for hydroxylation is 1. The fraction of sp³-hybridized carbons (Fsp3) is 0.133. The second-order valence-corrected chi connectivity index (χ2v) is 6.80. The van der Waals surface area contributed by atoms with Gasteiger partial charge in [-0.25, -0.2) is 12.8 Å². The molecule has 2 aromatic rings. The average molecular weight is 320 g/mol. The zero-order chi connectivity index (χ0) is 15.9. The largest absolute Gasteiger partial charge is 0.326 e. The van der Waals surface area contributed by atoms with Crippen molar-refractivity contribution in [2.24, 2.45) is 0 Å². The lowest BCUT2D eigenvalue weighted by Crippen LogP contribution is -2.13.